The highest BCUT2D eigenvalue weighted by Gasteiger charge is 2.38. The number of carbonyl (C=O) groups excluding carboxylic acids is 3. The highest BCUT2D eigenvalue weighted by Crippen LogP contribution is 2.46. The molecule has 18 nitrogen and oxygen atoms in total. The maximum Gasteiger partial charge on any atom is 0.410 e. The molecule has 1 N–H and O–H groups in total. The van der Waals surface area contributed by atoms with Crippen molar-refractivity contribution in [1.82, 2.24) is 48.7 Å². The first-order valence-corrected chi connectivity index (χ1v) is 40.2. The molecule has 91 heavy (non-hydrogen) atoms. The van der Waals surface area contributed by atoms with E-state index < -0.39 is 33.5 Å². The minimum atomic E-state index is -1.24. The molecular formula is C68H91BrCl2N10O8Si2. The van der Waals surface area contributed by atoms with Crippen molar-refractivity contribution in [2.45, 2.75) is 150 Å². The number of imidazole rings is 2. The molecule has 6 aromatic rings. The standard InChI is InChI=1S/C34H46ClN5O4Si.C23H25BrClN3O2.C11H20N2O2Si/c1-23-37-21-29(40(23)22-43-17-18-45(5,6)7)32(41)28-19-24-9-8-12-36-30(24)31(26-11-10-25(35)20-27(26)28)38-13-15-39(16-14-38)33(42)44-34(2,3)4;1-23(2,3)30-22(29)28-11-9-27(10-12-28)21-17-7-6-16(25)14-18(17)19(24)13-15-5-4-8-26-20(15)21;1-10-12-11(8-14)7-13(10)9-15-5-6-16(2,3)4/h8-12,19-21,31-32,41H,13-18,22H2,1-7H3;4-8,13-14,21H,9-12H2,1-3H3;7-8H,5-6,9H2,1-4H3/t31-,32?;21-;/m00./s1. The van der Waals surface area contributed by atoms with E-state index in [1.54, 1.807) is 22.2 Å². The third-order valence-electron chi connectivity index (χ3n) is 15.9. The Hall–Kier alpha value is -5.86. The molecule has 2 fully saturated rings. The first-order valence-electron chi connectivity index (χ1n) is 31.2. The van der Waals surface area contributed by atoms with E-state index >= 15 is 0 Å². The quantitative estimate of drug-likeness (QED) is 0.0582. The van der Waals surface area contributed by atoms with Crippen molar-refractivity contribution in [2.75, 3.05) is 65.6 Å². The summed E-state index contributed by atoms with van der Waals surface area (Å²) in [6.45, 7) is 36.4. The number of aldehydes is 1. The number of aliphatic hydroxyl groups excluding tert-OH is 1. The molecule has 23 heteroatoms. The van der Waals surface area contributed by atoms with Gasteiger partial charge in [-0.25, -0.2) is 19.6 Å². The van der Waals surface area contributed by atoms with Gasteiger partial charge in [-0.2, -0.15) is 0 Å². The number of halogens is 3. The lowest BCUT2D eigenvalue weighted by atomic mass is 9.91. The van der Waals surface area contributed by atoms with E-state index in [1.165, 1.54) is 0 Å². The van der Waals surface area contributed by atoms with Gasteiger partial charge in [0.2, 0.25) is 0 Å². The number of piperazine rings is 2. The molecule has 0 saturated carbocycles. The van der Waals surface area contributed by atoms with E-state index in [2.05, 4.69) is 93.2 Å². The van der Waals surface area contributed by atoms with Gasteiger partial charge in [0.15, 0.2) is 6.29 Å². The maximum absolute atomic E-state index is 12.8. The van der Waals surface area contributed by atoms with Crippen molar-refractivity contribution < 1.29 is 38.4 Å². The summed E-state index contributed by atoms with van der Waals surface area (Å²) < 4.78 is 27.6. The molecule has 2 amide bonds. The van der Waals surface area contributed by atoms with Gasteiger partial charge < -0.3 is 43.0 Å². The number of aryl methyl sites for hydroxylation is 2. The van der Waals surface area contributed by atoms with Gasteiger partial charge in [0.25, 0.3) is 0 Å². The molecule has 3 atom stereocenters. The zero-order chi connectivity index (χ0) is 66.2. The van der Waals surface area contributed by atoms with Crippen LogP contribution in [0.3, 0.4) is 0 Å². The summed E-state index contributed by atoms with van der Waals surface area (Å²) in [6.07, 6.45) is 10.5. The Morgan fingerprint density at radius 1 is 0.670 bits per heavy atom. The highest BCUT2D eigenvalue weighted by molar-refractivity contribution is 9.15. The Labute approximate surface area is 558 Å². The Balaban J connectivity index is 0.000000198. The van der Waals surface area contributed by atoms with Crippen LogP contribution in [0.4, 0.5) is 9.59 Å². The average Bonchev–Trinajstić information content (AvgIpc) is 1.68. The number of ether oxygens (including phenoxy) is 4. The van der Waals surface area contributed by atoms with Gasteiger partial charge in [0.1, 0.15) is 48.1 Å². The summed E-state index contributed by atoms with van der Waals surface area (Å²) in [7, 11) is -2.25. The van der Waals surface area contributed by atoms with Gasteiger partial charge >= 0.3 is 12.2 Å². The number of pyridine rings is 2. The van der Waals surface area contributed by atoms with Crippen LogP contribution < -0.4 is 0 Å². The molecule has 0 spiro atoms. The van der Waals surface area contributed by atoms with Crippen molar-refractivity contribution in [3.63, 3.8) is 0 Å². The van der Waals surface area contributed by atoms with Crippen LogP contribution in [-0.4, -0.2) is 165 Å². The van der Waals surface area contributed by atoms with E-state index in [-0.39, 0.29) is 24.3 Å². The van der Waals surface area contributed by atoms with Crippen molar-refractivity contribution in [1.29, 1.82) is 0 Å². The summed E-state index contributed by atoms with van der Waals surface area (Å²) in [6, 6.07) is 21.9. The second-order valence-electron chi connectivity index (χ2n) is 27.9. The molecule has 4 aliphatic rings. The zero-order valence-corrected chi connectivity index (χ0v) is 60.5. The fourth-order valence-corrected chi connectivity index (χ4v) is 13.5. The molecule has 2 aliphatic carbocycles. The van der Waals surface area contributed by atoms with Gasteiger partial charge in [0.05, 0.1) is 35.4 Å². The van der Waals surface area contributed by atoms with Crippen molar-refractivity contribution in [3.05, 3.63) is 163 Å². The van der Waals surface area contributed by atoms with E-state index in [1.807, 2.05) is 132 Å². The first kappa shape index (κ1) is 71.0. The molecule has 2 aromatic carbocycles. The van der Waals surface area contributed by atoms with Crippen LogP contribution in [0.1, 0.15) is 132 Å². The lowest BCUT2D eigenvalue weighted by molar-refractivity contribution is 0.0109. The summed E-state index contributed by atoms with van der Waals surface area (Å²) in [5.41, 5.74) is 8.81. The summed E-state index contributed by atoms with van der Waals surface area (Å²) in [5.74, 6) is 1.59. The molecule has 4 aromatic heterocycles. The lowest BCUT2D eigenvalue weighted by Crippen LogP contribution is -2.51. The second-order valence-corrected chi connectivity index (χ2v) is 40.8. The molecule has 490 valence electrons. The lowest BCUT2D eigenvalue weighted by Gasteiger charge is -2.40. The number of amides is 2. The van der Waals surface area contributed by atoms with Gasteiger partial charge in [-0.1, -0.05) is 103 Å². The summed E-state index contributed by atoms with van der Waals surface area (Å²) >= 11 is 16.7. The second kappa shape index (κ2) is 30.5. The SMILES string of the molecule is CC(C)(C)OC(=O)N1CCN([C@H]2c3ccc(Cl)cc3C(Br)=Cc3cccnc32)CC1.Cc1nc(C=O)cn1COCC[Si](C)(C)C.Cc1ncc(C(O)C2=Cc3cccnc3[C@@H](N3CCN(C(=O)OC(C)(C)C)CC3)c3ccc(Cl)cc32)n1COCC[Si](C)(C)C. The van der Waals surface area contributed by atoms with E-state index in [0.717, 1.165) is 105 Å². The number of aliphatic hydroxyl groups is 1. The van der Waals surface area contributed by atoms with Crippen LogP contribution in [0.5, 0.6) is 0 Å². The fourth-order valence-electron chi connectivity index (χ4n) is 11.1. The fraction of sp³-hybridized carbons (Fsp3) is 0.485. The number of fused-ring (bicyclic) bond motifs is 4. The number of hydrogen-bond donors (Lipinski definition) is 1. The molecule has 10 rings (SSSR count). The van der Waals surface area contributed by atoms with E-state index in [0.29, 0.717) is 80.8 Å². The highest BCUT2D eigenvalue weighted by atomic mass is 79.9. The number of carbonyl (C=O) groups is 3. The number of aromatic nitrogens is 6. The molecule has 1 unspecified atom stereocenters. The van der Waals surface area contributed by atoms with E-state index in [9.17, 15) is 19.5 Å². The third-order valence-corrected chi connectivity index (χ3v) is 20.5. The van der Waals surface area contributed by atoms with E-state index in [4.69, 9.17) is 52.1 Å². The molecule has 0 bridgehead atoms. The smallest absolute Gasteiger partial charge is 0.410 e. The van der Waals surface area contributed by atoms with Crippen LogP contribution >= 0.6 is 39.1 Å². The topological polar surface area (TPSA) is 183 Å². The molecule has 0 radical (unpaired) electrons. The molecule has 6 heterocycles. The van der Waals surface area contributed by atoms with Crippen molar-refractivity contribution in [2.24, 2.45) is 0 Å². The Kier molecular flexibility index (Phi) is 23.8. The zero-order valence-electron chi connectivity index (χ0n) is 55.4. The average molecular weight is 1380 g/mol. The molecule has 2 saturated heterocycles. The number of nitrogens with zero attached hydrogens (tertiary/aromatic N) is 10. The van der Waals surface area contributed by atoms with Crippen molar-refractivity contribution in [3.8, 4) is 0 Å². The van der Waals surface area contributed by atoms with Crippen LogP contribution in [0.2, 0.25) is 61.4 Å². The van der Waals surface area contributed by atoms with Crippen LogP contribution in [0, 0.1) is 13.8 Å². The third kappa shape index (κ3) is 19.4. The van der Waals surface area contributed by atoms with Crippen molar-refractivity contribution >= 4 is 96.0 Å². The van der Waals surface area contributed by atoms with Gasteiger partial charge in [-0.3, -0.25) is 24.6 Å². The largest absolute Gasteiger partial charge is 0.444 e. The van der Waals surface area contributed by atoms with Crippen LogP contribution in [-0.2, 0) is 32.4 Å². The molecular weight excluding hydrogens is 1290 g/mol. The first-order chi connectivity index (χ1) is 42.9. The number of benzene rings is 2. The Bertz CT molecular complexity index is 3570. The number of hydrogen-bond acceptors (Lipinski definition) is 14. The van der Waals surface area contributed by atoms with Gasteiger partial charge in [-0.05, 0) is 155 Å². The van der Waals surface area contributed by atoms with Crippen LogP contribution in [0.15, 0.2) is 85.5 Å². The molecule has 2 aliphatic heterocycles. The Morgan fingerprint density at radius 2 is 1.14 bits per heavy atom. The normalized spacial score (nSPS) is 17.4. The minimum Gasteiger partial charge on any atom is -0.444 e. The van der Waals surface area contributed by atoms with Gasteiger partial charge in [-0.15, -0.1) is 0 Å². The number of rotatable bonds is 15. The maximum atomic E-state index is 12.8. The predicted molar refractivity (Wildman–Crippen MR) is 371 cm³/mol. The minimum absolute atomic E-state index is 0.0134. The summed E-state index contributed by atoms with van der Waals surface area (Å²) in [4.78, 5) is 62.3. The predicted octanol–water partition coefficient (Wildman–Crippen LogP) is 14.7. The van der Waals surface area contributed by atoms with Gasteiger partial charge in [0, 0.05) is 115 Å². The monoisotopic (exact) mass is 1380 g/mol. The Morgan fingerprint density at radius 3 is 1.62 bits per heavy atom. The van der Waals surface area contributed by atoms with Crippen LogP contribution in [0.25, 0.3) is 22.2 Å². The summed E-state index contributed by atoms with van der Waals surface area (Å²) in [5, 5.41) is 13.4.